The minimum Gasteiger partial charge on any atom is -0.353 e. The fourth-order valence-electron chi connectivity index (χ4n) is 2.95. The predicted molar refractivity (Wildman–Crippen MR) is 90.6 cm³/mol. The molecule has 0 aliphatic carbocycles. The molecule has 1 aliphatic heterocycles. The molecule has 6 nitrogen and oxygen atoms in total. The van der Waals surface area contributed by atoms with Crippen LogP contribution in [-0.2, 0) is 0 Å². The van der Waals surface area contributed by atoms with E-state index < -0.39 is 11.7 Å². The Morgan fingerprint density at radius 2 is 2.20 bits per heavy atom. The third-order valence-corrected chi connectivity index (χ3v) is 4.23. The third-order valence-electron chi connectivity index (χ3n) is 4.23. The monoisotopic (exact) mass is 339 g/mol. The zero-order valence-electron chi connectivity index (χ0n) is 13.9. The molecule has 1 atom stereocenters. The van der Waals surface area contributed by atoms with Crippen molar-refractivity contribution in [1.29, 1.82) is 5.26 Å². The number of anilines is 1. The molecule has 25 heavy (non-hydrogen) atoms. The van der Waals surface area contributed by atoms with E-state index >= 15 is 0 Å². The largest absolute Gasteiger partial charge is 0.353 e. The van der Waals surface area contributed by atoms with Crippen LogP contribution in [0.3, 0.4) is 0 Å². The molecule has 3 rings (SSSR count). The van der Waals surface area contributed by atoms with Crippen molar-refractivity contribution in [2.24, 2.45) is 0 Å². The molecule has 1 amide bonds. The molecule has 1 N–H and O–H groups in total. The van der Waals surface area contributed by atoms with Crippen molar-refractivity contribution >= 4 is 11.7 Å². The van der Waals surface area contributed by atoms with Crippen LogP contribution in [0.5, 0.6) is 0 Å². The molecule has 0 bridgehead atoms. The quantitative estimate of drug-likeness (QED) is 0.927. The van der Waals surface area contributed by atoms with E-state index in [-0.39, 0.29) is 17.2 Å². The molecule has 0 radical (unpaired) electrons. The summed E-state index contributed by atoms with van der Waals surface area (Å²) in [5, 5.41) is 20.2. The first-order valence-electron chi connectivity index (χ1n) is 8.13. The van der Waals surface area contributed by atoms with E-state index in [0.29, 0.717) is 6.54 Å². The highest BCUT2D eigenvalue weighted by molar-refractivity contribution is 5.96. The second-order valence-electron chi connectivity index (χ2n) is 6.07. The van der Waals surface area contributed by atoms with E-state index in [1.54, 1.807) is 6.07 Å². The van der Waals surface area contributed by atoms with Gasteiger partial charge in [0.1, 0.15) is 17.4 Å². The molecule has 0 saturated carbocycles. The van der Waals surface area contributed by atoms with Crippen LogP contribution in [0.15, 0.2) is 30.3 Å². The number of aromatic nitrogens is 2. The second kappa shape index (κ2) is 7.26. The maximum atomic E-state index is 13.7. The molecule has 0 spiro atoms. The van der Waals surface area contributed by atoms with Gasteiger partial charge in [0.2, 0.25) is 0 Å². The Bertz CT molecular complexity index is 815. The summed E-state index contributed by atoms with van der Waals surface area (Å²) in [6.07, 6.45) is 1.72. The van der Waals surface area contributed by atoms with Crippen molar-refractivity contribution in [3.8, 4) is 6.07 Å². The molecule has 1 fully saturated rings. The van der Waals surface area contributed by atoms with E-state index in [2.05, 4.69) is 20.4 Å². The van der Waals surface area contributed by atoms with Crippen molar-refractivity contribution in [2.45, 2.75) is 25.8 Å². The number of carbonyl (C=O) groups is 1. The summed E-state index contributed by atoms with van der Waals surface area (Å²) in [4.78, 5) is 14.5. The summed E-state index contributed by atoms with van der Waals surface area (Å²) in [5.41, 5.74) is 0.688. The summed E-state index contributed by atoms with van der Waals surface area (Å²) in [5.74, 6) is -0.346. The zero-order valence-corrected chi connectivity index (χ0v) is 13.9. The number of carbonyl (C=O) groups excluding carboxylic acids is 1. The van der Waals surface area contributed by atoms with Crippen molar-refractivity contribution in [1.82, 2.24) is 15.5 Å². The van der Waals surface area contributed by atoms with Crippen molar-refractivity contribution < 1.29 is 9.18 Å². The number of nitrogens with zero attached hydrogens (tertiary/aromatic N) is 4. The van der Waals surface area contributed by atoms with Crippen molar-refractivity contribution in [3.63, 3.8) is 0 Å². The van der Waals surface area contributed by atoms with Gasteiger partial charge in [0.25, 0.3) is 5.91 Å². The number of amides is 1. The average Bonchev–Trinajstić information content (AvgIpc) is 2.62. The van der Waals surface area contributed by atoms with Gasteiger partial charge in [-0.25, -0.2) is 4.39 Å². The van der Waals surface area contributed by atoms with E-state index in [1.807, 2.05) is 19.1 Å². The first-order valence-corrected chi connectivity index (χ1v) is 8.13. The molecule has 7 heteroatoms. The fraction of sp³-hybridized carbons (Fsp3) is 0.333. The highest BCUT2D eigenvalue weighted by Gasteiger charge is 2.24. The van der Waals surface area contributed by atoms with Crippen LogP contribution in [0.25, 0.3) is 0 Å². The Balaban J connectivity index is 1.71. The first-order chi connectivity index (χ1) is 12.1. The molecule has 128 valence electrons. The Hall–Kier alpha value is -3.01. The predicted octanol–water partition coefficient (Wildman–Crippen LogP) is 2.19. The minimum absolute atomic E-state index is 0.0646. The van der Waals surface area contributed by atoms with Gasteiger partial charge < -0.3 is 10.2 Å². The van der Waals surface area contributed by atoms with E-state index in [1.165, 1.54) is 18.2 Å². The Kier molecular flexibility index (Phi) is 4.89. The summed E-state index contributed by atoms with van der Waals surface area (Å²) >= 11 is 0. The normalized spacial score (nSPS) is 17.0. The lowest BCUT2D eigenvalue weighted by atomic mass is 10.0. The van der Waals surface area contributed by atoms with E-state index in [0.717, 1.165) is 30.9 Å². The van der Waals surface area contributed by atoms with Crippen LogP contribution in [-0.4, -0.2) is 35.2 Å². The van der Waals surface area contributed by atoms with Gasteiger partial charge in [-0.3, -0.25) is 4.79 Å². The number of nitrogens with one attached hydrogen (secondary N) is 1. The van der Waals surface area contributed by atoms with Crippen LogP contribution in [0, 0.1) is 24.1 Å². The lowest BCUT2D eigenvalue weighted by Crippen LogP contribution is -2.48. The molecule has 1 aliphatic rings. The van der Waals surface area contributed by atoms with Gasteiger partial charge in [-0.15, -0.1) is 5.10 Å². The van der Waals surface area contributed by atoms with E-state index in [9.17, 15) is 9.18 Å². The second-order valence-corrected chi connectivity index (χ2v) is 6.07. The average molecular weight is 339 g/mol. The number of hydrogen-bond acceptors (Lipinski definition) is 5. The zero-order chi connectivity index (χ0) is 17.8. The summed E-state index contributed by atoms with van der Waals surface area (Å²) in [6.45, 7) is 3.32. The Morgan fingerprint density at radius 1 is 1.36 bits per heavy atom. The standard InChI is InChI=1S/C18H18FN5O/c1-12-7-8-17(23-22-12)24-9-3-4-13(11-24)21-18(25)14-5-2-6-16(19)15(14)10-20/h2,5-8,13H,3-4,9,11H2,1H3,(H,21,25). The Labute approximate surface area is 145 Å². The van der Waals surface area contributed by atoms with Crippen LogP contribution in [0.2, 0.25) is 0 Å². The molecule has 1 aromatic carbocycles. The van der Waals surface area contributed by atoms with Gasteiger partial charge in [-0.2, -0.15) is 10.4 Å². The van der Waals surface area contributed by atoms with Crippen LogP contribution < -0.4 is 10.2 Å². The SMILES string of the molecule is Cc1ccc(N2CCCC(NC(=O)c3cccc(F)c3C#N)C2)nn1. The van der Waals surface area contributed by atoms with Gasteiger partial charge >= 0.3 is 0 Å². The highest BCUT2D eigenvalue weighted by Crippen LogP contribution is 2.18. The number of hydrogen-bond donors (Lipinski definition) is 1. The van der Waals surface area contributed by atoms with Crippen molar-refractivity contribution in [2.75, 3.05) is 18.0 Å². The summed E-state index contributed by atoms with van der Waals surface area (Å²) in [6, 6.07) is 9.53. The topological polar surface area (TPSA) is 81.9 Å². The summed E-state index contributed by atoms with van der Waals surface area (Å²) in [7, 11) is 0. The van der Waals surface area contributed by atoms with Crippen molar-refractivity contribution in [3.05, 3.63) is 53.0 Å². The van der Waals surface area contributed by atoms with E-state index in [4.69, 9.17) is 5.26 Å². The lowest BCUT2D eigenvalue weighted by Gasteiger charge is -2.33. The molecular formula is C18H18FN5O. The number of rotatable bonds is 3. The first kappa shape index (κ1) is 16.8. The number of nitriles is 1. The van der Waals surface area contributed by atoms with Gasteiger partial charge in [0.05, 0.1) is 11.3 Å². The fourth-order valence-corrected chi connectivity index (χ4v) is 2.95. The maximum absolute atomic E-state index is 13.7. The summed E-state index contributed by atoms with van der Waals surface area (Å²) < 4.78 is 13.7. The number of piperidine rings is 1. The van der Waals surface area contributed by atoms with Crippen LogP contribution >= 0.6 is 0 Å². The molecule has 1 unspecified atom stereocenters. The van der Waals surface area contributed by atoms with Gasteiger partial charge in [-0.1, -0.05) is 6.07 Å². The van der Waals surface area contributed by atoms with Crippen LogP contribution in [0.4, 0.5) is 10.2 Å². The van der Waals surface area contributed by atoms with Gasteiger partial charge in [0, 0.05) is 19.1 Å². The number of aryl methyl sites for hydroxylation is 1. The lowest BCUT2D eigenvalue weighted by molar-refractivity contribution is 0.0932. The number of halogens is 1. The highest BCUT2D eigenvalue weighted by atomic mass is 19.1. The molecule has 2 aromatic rings. The van der Waals surface area contributed by atoms with Gasteiger partial charge in [-0.05, 0) is 44.0 Å². The maximum Gasteiger partial charge on any atom is 0.253 e. The Morgan fingerprint density at radius 3 is 2.92 bits per heavy atom. The minimum atomic E-state index is -0.685. The van der Waals surface area contributed by atoms with Gasteiger partial charge in [0.15, 0.2) is 5.82 Å². The smallest absolute Gasteiger partial charge is 0.253 e. The van der Waals surface area contributed by atoms with Crippen LogP contribution in [0.1, 0.15) is 34.5 Å². The molecule has 1 saturated heterocycles. The molecule has 1 aromatic heterocycles. The molecular weight excluding hydrogens is 321 g/mol. The number of benzene rings is 1. The third kappa shape index (κ3) is 3.74. The molecule has 2 heterocycles.